The lowest BCUT2D eigenvalue weighted by Gasteiger charge is -2.19. The van der Waals surface area contributed by atoms with Gasteiger partial charge in [-0.15, -0.1) is 0 Å². The molecular weight excluding hydrogens is 186 g/mol. The standard InChI is InChI=1S/C13H21NO/c1-9-5-6-10(2)12(7-9)8-13(14)11(3)15-4/h5-7,11,13H,8,14H2,1-4H3. The van der Waals surface area contributed by atoms with E-state index in [-0.39, 0.29) is 12.1 Å². The summed E-state index contributed by atoms with van der Waals surface area (Å²) in [6, 6.07) is 6.55. The highest BCUT2D eigenvalue weighted by atomic mass is 16.5. The summed E-state index contributed by atoms with van der Waals surface area (Å²) in [5, 5.41) is 0. The van der Waals surface area contributed by atoms with Crippen molar-refractivity contribution >= 4 is 0 Å². The molecule has 84 valence electrons. The molecule has 2 atom stereocenters. The molecule has 0 radical (unpaired) electrons. The second-order valence-electron chi connectivity index (χ2n) is 4.24. The molecule has 2 unspecified atom stereocenters. The van der Waals surface area contributed by atoms with E-state index >= 15 is 0 Å². The number of rotatable bonds is 4. The molecule has 0 aliphatic rings. The van der Waals surface area contributed by atoms with Crippen LogP contribution in [0.25, 0.3) is 0 Å². The molecule has 2 heteroatoms. The van der Waals surface area contributed by atoms with Crippen molar-refractivity contribution in [1.29, 1.82) is 0 Å². The molecule has 0 aliphatic carbocycles. The summed E-state index contributed by atoms with van der Waals surface area (Å²) in [5.74, 6) is 0. The minimum absolute atomic E-state index is 0.0653. The third-order valence-electron chi connectivity index (χ3n) is 2.93. The number of aryl methyl sites for hydroxylation is 2. The molecule has 1 aromatic carbocycles. The molecule has 0 aliphatic heterocycles. The highest BCUT2D eigenvalue weighted by Gasteiger charge is 2.13. The van der Waals surface area contributed by atoms with Crippen LogP contribution >= 0.6 is 0 Å². The number of benzene rings is 1. The fourth-order valence-corrected chi connectivity index (χ4v) is 1.61. The van der Waals surface area contributed by atoms with E-state index in [1.807, 2.05) is 6.92 Å². The zero-order chi connectivity index (χ0) is 11.4. The molecule has 1 rings (SSSR count). The van der Waals surface area contributed by atoms with Gasteiger partial charge in [0.1, 0.15) is 0 Å². The zero-order valence-electron chi connectivity index (χ0n) is 10.1. The van der Waals surface area contributed by atoms with Crippen LogP contribution in [0.2, 0.25) is 0 Å². The third kappa shape index (κ3) is 3.33. The predicted octanol–water partition coefficient (Wildman–Crippen LogP) is 2.21. The molecular formula is C13H21NO. The van der Waals surface area contributed by atoms with Crippen LogP contribution in [0.15, 0.2) is 18.2 Å². The Morgan fingerprint density at radius 1 is 1.33 bits per heavy atom. The highest BCUT2D eigenvalue weighted by Crippen LogP contribution is 2.13. The van der Waals surface area contributed by atoms with E-state index in [4.69, 9.17) is 10.5 Å². The largest absolute Gasteiger partial charge is 0.380 e. The monoisotopic (exact) mass is 207 g/mol. The van der Waals surface area contributed by atoms with Gasteiger partial charge in [0, 0.05) is 13.2 Å². The van der Waals surface area contributed by atoms with Gasteiger partial charge in [0.2, 0.25) is 0 Å². The Labute approximate surface area is 92.4 Å². The van der Waals surface area contributed by atoms with Crippen LogP contribution in [0.3, 0.4) is 0 Å². The van der Waals surface area contributed by atoms with Crippen molar-refractivity contribution in [2.75, 3.05) is 7.11 Å². The molecule has 0 spiro atoms. The van der Waals surface area contributed by atoms with Gasteiger partial charge in [0.15, 0.2) is 0 Å². The average molecular weight is 207 g/mol. The Balaban J connectivity index is 2.75. The molecule has 0 saturated heterocycles. The summed E-state index contributed by atoms with van der Waals surface area (Å²) >= 11 is 0. The van der Waals surface area contributed by atoms with Gasteiger partial charge in [-0.05, 0) is 38.3 Å². The molecule has 2 nitrogen and oxygen atoms in total. The maximum atomic E-state index is 6.05. The summed E-state index contributed by atoms with van der Waals surface area (Å²) in [5.41, 5.74) is 9.97. The van der Waals surface area contributed by atoms with E-state index in [0.29, 0.717) is 0 Å². The maximum absolute atomic E-state index is 6.05. The van der Waals surface area contributed by atoms with Crippen LogP contribution < -0.4 is 5.73 Å². The lowest BCUT2D eigenvalue weighted by molar-refractivity contribution is 0.0955. The van der Waals surface area contributed by atoms with Crippen LogP contribution in [0.5, 0.6) is 0 Å². The number of ether oxygens (including phenoxy) is 1. The quantitative estimate of drug-likeness (QED) is 0.821. The Morgan fingerprint density at radius 2 is 2.00 bits per heavy atom. The van der Waals surface area contributed by atoms with Gasteiger partial charge in [-0.1, -0.05) is 23.8 Å². The lowest BCUT2D eigenvalue weighted by atomic mass is 9.97. The summed E-state index contributed by atoms with van der Waals surface area (Å²) in [7, 11) is 1.70. The minimum atomic E-state index is 0.0653. The van der Waals surface area contributed by atoms with E-state index in [9.17, 15) is 0 Å². The summed E-state index contributed by atoms with van der Waals surface area (Å²) in [4.78, 5) is 0. The van der Waals surface area contributed by atoms with Crippen molar-refractivity contribution in [2.45, 2.75) is 39.3 Å². The lowest BCUT2D eigenvalue weighted by Crippen LogP contribution is -2.36. The molecule has 2 N–H and O–H groups in total. The first kappa shape index (κ1) is 12.2. The van der Waals surface area contributed by atoms with Gasteiger partial charge < -0.3 is 10.5 Å². The third-order valence-corrected chi connectivity index (χ3v) is 2.93. The van der Waals surface area contributed by atoms with Crippen molar-refractivity contribution in [1.82, 2.24) is 0 Å². The van der Waals surface area contributed by atoms with Crippen molar-refractivity contribution in [3.63, 3.8) is 0 Å². The summed E-state index contributed by atoms with van der Waals surface area (Å²) in [6.07, 6.45) is 0.979. The van der Waals surface area contributed by atoms with Gasteiger partial charge in [0.25, 0.3) is 0 Å². The fraction of sp³-hybridized carbons (Fsp3) is 0.538. The molecule has 0 bridgehead atoms. The second kappa shape index (κ2) is 5.29. The van der Waals surface area contributed by atoms with Gasteiger partial charge >= 0.3 is 0 Å². The SMILES string of the molecule is COC(C)C(N)Cc1cc(C)ccc1C. The van der Waals surface area contributed by atoms with Crippen molar-refractivity contribution in [2.24, 2.45) is 5.73 Å². The van der Waals surface area contributed by atoms with Crippen LogP contribution in [0.4, 0.5) is 0 Å². The number of hydrogen-bond donors (Lipinski definition) is 1. The van der Waals surface area contributed by atoms with Crippen molar-refractivity contribution < 1.29 is 4.74 Å². The van der Waals surface area contributed by atoms with Crippen molar-refractivity contribution in [3.05, 3.63) is 34.9 Å². The smallest absolute Gasteiger partial charge is 0.0697 e. The first-order valence-electron chi connectivity index (χ1n) is 5.39. The zero-order valence-corrected chi connectivity index (χ0v) is 10.1. The van der Waals surface area contributed by atoms with Crippen LogP contribution in [-0.4, -0.2) is 19.3 Å². The van der Waals surface area contributed by atoms with Gasteiger partial charge in [-0.3, -0.25) is 0 Å². The Hall–Kier alpha value is -0.860. The molecule has 0 saturated carbocycles. The van der Waals surface area contributed by atoms with Gasteiger partial charge in [-0.25, -0.2) is 0 Å². The van der Waals surface area contributed by atoms with E-state index < -0.39 is 0 Å². The van der Waals surface area contributed by atoms with Gasteiger partial charge in [0.05, 0.1) is 6.10 Å². The first-order valence-corrected chi connectivity index (χ1v) is 5.39. The number of methoxy groups -OCH3 is 1. The van der Waals surface area contributed by atoms with E-state index in [1.165, 1.54) is 16.7 Å². The Morgan fingerprint density at radius 3 is 2.60 bits per heavy atom. The van der Waals surface area contributed by atoms with Crippen LogP contribution in [0, 0.1) is 13.8 Å². The highest BCUT2D eigenvalue weighted by molar-refractivity contribution is 5.31. The molecule has 0 fully saturated rings. The fourth-order valence-electron chi connectivity index (χ4n) is 1.61. The molecule has 0 amide bonds. The molecule has 0 aromatic heterocycles. The van der Waals surface area contributed by atoms with E-state index in [0.717, 1.165) is 6.42 Å². The summed E-state index contributed by atoms with van der Waals surface area (Å²) < 4.78 is 5.23. The van der Waals surface area contributed by atoms with E-state index in [1.54, 1.807) is 7.11 Å². The van der Waals surface area contributed by atoms with E-state index in [2.05, 4.69) is 32.0 Å². The molecule has 1 aromatic rings. The van der Waals surface area contributed by atoms with Crippen molar-refractivity contribution in [3.8, 4) is 0 Å². The van der Waals surface area contributed by atoms with Gasteiger partial charge in [-0.2, -0.15) is 0 Å². The number of hydrogen-bond acceptors (Lipinski definition) is 2. The van der Waals surface area contributed by atoms with Crippen LogP contribution in [-0.2, 0) is 11.2 Å². The number of nitrogens with two attached hydrogens (primary N) is 1. The topological polar surface area (TPSA) is 35.2 Å². The minimum Gasteiger partial charge on any atom is -0.380 e. The molecule has 15 heavy (non-hydrogen) atoms. The Bertz CT molecular complexity index is 322. The predicted molar refractivity (Wildman–Crippen MR) is 64.1 cm³/mol. The van der Waals surface area contributed by atoms with Crippen LogP contribution in [0.1, 0.15) is 23.6 Å². The molecule has 0 heterocycles. The summed E-state index contributed by atoms with van der Waals surface area (Å²) in [6.45, 7) is 6.24. The maximum Gasteiger partial charge on any atom is 0.0697 e. The second-order valence-corrected chi connectivity index (χ2v) is 4.24. The Kier molecular flexibility index (Phi) is 4.30. The average Bonchev–Trinajstić information content (AvgIpc) is 2.22. The first-order chi connectivity index (χ1) is 7.04. The normalized spacial score (nSPS) is 15.0.